The third kappa shape index (κ3) is 3.32. The van der Waals surface area contributed by atoms with Crippen molar-refractivity contribution in [2.24, 2.45) is 0 Å². The van der Waals surface area contributed by atoms with Crippen LogP contribution in [0.15, 0.2) is 60.7 Å². The van der Waals surface area contributed by atoms with Gasteiger partial charge >= 0.3 is 6.09 Å². The molecule has 2 atom stereocenters. The minimum absolute atomic E-state index is 0.0599. The van der Waals surface area contributed by atoms with Crippen molar-refractivity contribution in [1.29, 1.82) is 0 Å². The van der Waals surface area contributed by atoms with Crippen LogP contribution >= 0.6 is 0 Å². The van der Waals surface area contributed by atoms with Gasteiger partial charge in [0.25, 0.3) is 0 Å². The molecule has 24 heavy (non-hydrogen) atoms. The first-order valence-electron chi connectivity index (χ1n) is 8.04. The monoisotopic (exact) mass is 323 g/mol. The Balaban J connectivity index is 1.87. The van der Waals surface area contributed by atoms with Crippen molar-refractivity contribution in [3.8, 4) is 0 Å². The summed E-state index contributed by atoms with van der Waals surface area (Å²) in [7, 11) is 0. The predicted octanol–water partition coefficient (Wildman–Crippen LogP) is 4.23. The van der Waals surface area contributed by atoms with Crippen molar-refractivity contribution in [2.45, 2.75) is 38.5 Å². The second kappa shape index (κ2) is 6.11. The third-order valence-electron chi connectivity index (χ3n) is 3.88. The van der Waals surface area contributed by atoms with E-state index in [2.05, 4.69) is 0 Å². The Bertz CT molecular complexity index is 734. The first-order chi connectivity index (χ1) is 11.4. The minimum atomic E-state index is -0.596. The molecule has 1 saturated heterocycles. The molecule has 0 aromatic heterocycles. The van der Waals surface area contributed by atoms with Crippen molar-refractivity contribution in [3.63, 3.8) is 0 Å². The molecule has 1 heterocycles. The molecule has 0 saturated carbocycles. The van der Waals surface area contributed by atoms with E-state index in [0.29, 0.717) is 5.56 Å². The van der Waals surface area contributed by atoms with Gasteiger partial charge < -0.3 is 4.74 Å². The molecule has 1 fully saturated rings. The second-order valence-electron chi connectivity index (χ2n) is 6.92. The van der Waals surface area contributed by atoms with Crippen molar-refractivity contribution >= 4 is 11.9 Å². The summed E-state index contributed by atoms with van der Waals surface area (Å²) < 4.78 is 5.46. The van der Waals surface area contributed by atoms with Gasteiger partial charge in [0.15, 0.2) is 5.78 Å². The summed E-state index contributed by atoms with van der Waals surface area (Å²) in [5.41, 5.74) is 0.952. The molecule has 1 amide bonds. The summed E-state index contributed by atoms with van der Waals surface area (Å²) >= 11 is 0. The molecule has 4 heteroatoms. The zero-order valence-electron chi connectivity index (χ0n) is 14.1. The van der Waals surface area contributed by atoms with Gasteiger partial charge in [0.05, 0.1) is 6.04 Å². The molecule has 0 bridgehead atoms. The lowest BCUT2D eigenvalue weighted by molar-refractivity contribution is 0.0388. The lowest BCUT2D eigenvalue weighted by atomic mass is 10.0. The Hall–Kier alpha value is -2.62. The maximum Gasteiger partial charge on any atom is 0.411 e. The van der Waals surface area contributed by atoms with Crippen LogP contribution in [0.3, 0.4) is 0 Å². The summed E-state index contributed by atoms with van der Waals surface area (Å²) in [5.74, 6) is -0.0599. The highest BCUT2D eigenvalue weighted by atomic mass is 16.6. The van der Waals surface area contributed by atoms with Crippen LogP contribution in [-0.2, 0) is 4.74 Å². The van der Waals surface area contributed by atoms with Gasteiger partial charge in [0, 0.05) is 5.56 Å². The molecule has 0 N–H and O–H groups in total. The summed E-state index contributed by atoms with van der Waals surface area (Å²) in [6.45, 7) is 5.46. The fraction of sp³-hybridized carbons (Fsp3) is 0.300. The number of amides is 1. The van der Waals surface area contributed by atoms with E-state index in [0.717, 1.165) is 5.56 Å². The molecule has 124 valence electrons. The van der Waals surface area contributed by atoms with Crippen LogP contribution in [0.1, 0.15) is 42.7 Å². The van der Waals surface area contributed by atoms with Crippen molar-refractivity contribution in [1.82, 2.24) is 4.90 Å². The number of carbonyl (C=O) groups is 2. The zero-order valence-corrected chi connectivity index (χ0v) is 14.1. The largest absolute Gasteiger partial charge is 0.444 e. The Kier molecular flexibility index (Phi) is 4.14. The summed E-state index contributed by atoms with van der Waals surface area (Å²) in [6, 6.07) is 17.9. The molecule has 0 unspecified atom stereocenters. The van der Waals surface area contributed by atoms with Gasteiger partial charge in [-0.05, 0) is 26.3 Å². The van der Waals surface area contributed by atoms with Crippen LogP contribution in [0.25, 0.3) is 0 Å². The number of nitrogens with zero attached hydrogens (tertiary/aromatic N) is 1. The molecule has 2 aromatic carbocycles. The van der Waals surface area contributed by atoms with Crippen LogP contribution < -0.4 is 0 Å². The molecule has 1 aliphatic rings. The Labute approximate surface area is 142 Å². The smallest absolute Gasteiger partial charge is 0.411 e. The molecule has 0 spiro atoms. The highest BCUT2D eigenvalue weighted by molar-refractivity contribution is 6.05. The summed E-state index contributed by atoms with van der Waals surface area (Å²) in [6.07, 6.45) is -0.453. The Morgan fingerprint density at radius 3 is 2.00 bits per heavy atom. The highest BCUT2D eigenvalue weighted by Gasteiger charge is 2.57. The van der Waals surface area contributed by atoms with E-state index >= 15 is 0 Å². The summed E-state index contributed by atoms with van der Waals surface area (Å²) in [4.78, 5) is 26.8. The Morgan fingerprint density at radius 1 is 0.917 bits per heavy atom. The van der Waals surface area contributed by atoms with E-state index in [9.17, 15) is 9.59 Å². The number of rotatable bonds is 3. The quantitative estimate of drug-likeness (QED) is 0.627. The number of ketones is 1. The standard InChI is InChI=1S/C20H21NO3/c1-20(2,3)24-19(23)21-16(14-10-6-4-7-11-14)17(21)18(22)15-12-8-5-9-13-15/h4-13,16-17H,1-3H3/t16-,17+,21?/m1/s1. The van der Waals surface area contributed by atoms with Crippen molar-refractivity contribution in [2.75, 3.05) is 0 Å². The number of hydrogen-bond acceptors (Lipinski definition) is 3. The zero-order chi connectivity index (χ0) is 17.3. The van der Waals surface area contributed by atoms with E-state index in [1.165, 1.54) is 4.90 Å². The first-order valence-corrected chi connectivity index (χ1v) is 8.04. The average Bonchev–Trinajstić information content (AvgIpc) is 3.30. The maximum absolute atomic E-state index is 12.8. The molecule has 2 aromatic rings. The fourth-order valence-electron chi connectivity index (χ4n) is 2.81. The van der Waals surface area contributed by atoms with Crippen LogP contribution in [0, 0.1) is 0 Å². The minimum Gasteiger partial charge on any atom is -0.444 e. The van der Waals surface area contributed by atoms with Gasteiger partial charge in [0.2, 0.25) is 0 Å². The molecule has 1 aliphatic heterocycles. The lowest BCUT2D eigenvalue weighted by Crippen LogP contribution is -2.29. The van der Waals surface area contributed by atoms with Crippen LogP contribution in [0.4, 0.5) is 4.79 Å². The highest BCUT2D eigenvalue weighted by Crippen LogP contribution is 2.45. The number of hydrogen-bond donors (Lipinski definition) is 0. The van der Waals surface area contributed by atoms with Gasteiger partial charge in [-0.2, -0.15) is 0 Å². The molecule has 0 aliphatic carbocycles. The van der Waals surface area contributed by atoms with Crippen LogP contribution in [0.2, 0.25) is 0 Å². The maximum atomic E-state index is 12.8. The SMILES string of the molecule is CC(C)(C)OC(=O)N1[C@H](C(=O)c2ccccc2)[C@H]1c1ccccc1. The summed E-state index contributed by atoms with van der Waals surface area (Å²) in [5, 5.41) is 0. The fourth-order valence-corrected chi connectivity index (χ4v) is 2.81. The Morgan fingerprint density at radius 2 is 1.46 bits per heavy atom. The van der Waals surface area contributed by atoms with Gasteiger partial charge in [-0.1, -0.05) is 60.7 Å². The van der Waals surface area contributed by atoms with E-state index in [4.69, 9.17) is 4.74 Å². The first kappa shape index (κ1) is 16.2. The average molecular weight is 323 g/mol. The van der Waals surface area contributed by atoms with Crippen molar-refractivity contribution < 1.29 is 14.3 Å². The van der Waals surface area contributed by atoms with Gasteiger partial charge in [-0.15, -0.1) is 0 Å². The molecule has 0 radical (unpaired) electrons. The van der Waals surface area contributed by atoms with Gasteiger partial charge in [-0.25, -0.2) is 4.79 Å². The van der Waals surface area contributed by atoms with Gasteiger partial charge in [-0.3, -0.25) is 9.69 Å². The number of benzene rings is 2. The normalized spacial score (nSPS) is 19.7. The van der Waals surface area contributed by atoms with E-state index in [-0.39, 0.29) is 11.8 Å². The topological polar surface area (TPSA) is 46.4 Å². The van der Waals surface area contributed by atoms with E-state index in [1.54, 1.807) is 12.1 Å². The van der Waals surface area contributed by atoms with Crippen LogP contribution in [-0.4, -0.2) is 28.4 Å². The van der Waals surface area contributed by atoms with E-state index in [1.807, 2.05) is 69.3 Å². The number of ether oxygens (including phenoxy) is 1. The predicted molar refractivity (Wildman–Crippen MR) is 91.8 cm³/mol. The number of carbonyl (C=O) groups excluding carboxylic acids is 2. The van der Waals surface area contributed by atoms with Crippen molar-refractivity contribution in [3.05, 3.63) is 71.8 Å². The van der Waals surface area contributed by atoms with Crippen LogP contribution in [0.5, 0.6) is 0 Å². The molecule has 3 rings (SSSR count). The molecular formula is C20H21NO3. The second-order valence-corrected chi connectivity index (χ2v) is 6.92. The number of Topliss-reactive ketones (excluding diaryl/α,β-unsaturated/α-hetero) is 1. The molecular weight excluding hydrogens is 302 g/mol. The lowest BCUT2D eigenvalue weighted by Gasteiger charge is -2.20. The van der Waals surface area contributed by atoms with E-state index < -0.39 is 17.7 Å². The van der Waals surface area contributed by atoms with Gasteiger partial charge in [0.1, 0.15) is 11.6 Å². The molecule has 4 nitrogen and oxygen atoms in total. The third-order valence-corrected chi connectivity index (χ3v) is 3.88.